The number of ether oxygens (including phenoxy) is 1. The Bertz CT molecular complexity index is 1570. The van der Waals surface area contributed by atoms with Gasteiger partial charge in [0.1, 0.15) is 4.90 Å². The molecule has 0 aliphatic carbocycles. The van der Waals surface area contributed by atoms with Crippen LogP contribution in [0, 0.1) is 0 Å². The molecular weight excluding hydrogens is 548 g/mol. The number of amides is 2. The van der Waals surface area contributed by atoms with Crippen LogP contribution < -0.4 is 19.7 Å². The molecule has 0 fully saturated rings. The SMILES string of the molecule is COc1ccc(/C=N\NC(=O)CSc2nc3ccccc3s2)cc1OS(=O)(=O)c1ccc(NC(C)=O)cc1. The van der Waals surface area contributed by atoms with E-state index in [0.29, 0.717) is 11.3 Å². The zero-order valence-corrected chi connectivity index (χ0v) is 22.7. The third-order valence-corrected chi connectivity index (χ3v) is 8.28. The third-order valence-electron chi connectivity index (χ3n) is 4.85. The first-order valence-corrected chi connectivity index (χ1v) is 14.2. The summed E-state index contributed by atoms with van der Waals surface area (Å²) in [4.78, 5) is 27.7. The van der Waals surface area contributed by atoms with E-state index in [1.165, 1.54) is 79.7 Å². The molecule has 0 atom stereocenters. The average Bonchev–Trinajstić information content (AvgIpc) is 3.31. The molecule has 0 spiro atoms. The average molecular weight is 571 g/mol. The van der Waals surface area contributed by atoms with Crippen LogP contribution in [0.25, 0.3) is 10.2 Å². The van der Waals surface area contributed by atoms with Crippen LogP contribution in [0.3, 0.4) is 0 Å². The number of carbonyl (C=O) groups is 2. The Kier molecular flexibility index (Phi) is 8.61. The second-order valence-corrected chi connectivity index (χ2v) is 11.5. The lowest BCUT2D eigenvalue weighted by atomic mass is 10.2. The molecule has 4 rings (SSSR count). The third kappa shape index (κ3) is 7.09. The van der Waals surface area contributed by atoms with Gasteiger partial charge in [0, 0.05) is 12.6 Å². The molecule has 2 N–H and O–H groups in total. The number of fused-ring (bicyclic) bond motifs is 1. The summed E-state index contributed by atoms with van der Waals surface area (Å²) in [6, 6.07) is 17.9. The van der Waals surface area contributed by atoms with Crippen molar-refractivity contribution in [1.82, 2.24) is 10.4 Å². The molecule has 1 aromatic heterocycles. The number of methoxy groups -OCH3 is 1. The van der Waals surface area contributed by atoms with E-state index in [1.807, 2.05) is 24.3 Å². The number of rotatable bonds is 10. The second kappa shape index (κ2) is 12.1. The van der Waals surface area contributed by atoms with Gasteiger partial charge in [-0.1, -0.05) is 23.9 Å². The second-order valence-electron chi connectivity index (χ2n) is 7.68. The molecule has 13 heteroatoms. The number of benzene rings is 3. The van der Waals surface area contributed by atoms with Crippen molar-refractivity contribution >= 4 is 67.1 Å². The fourth-order valence-electron chi connectivity index (χ4n) is 3.16. The van der Waals surface area contributed by atoms with E-state index >= 15 is 0 Å². The first-order chi connectivity index (χ1) is 18.2. The Morgan fingerprint density at radius 2 is 1.84 bits per heavy atom. The fourth-order valence-corrected chi connectivity index (χ4v) is 5.96. The first kappa shape index (κ1) is 27.1. The quantitative estimate of drug-likeness (QED) is 0.125. The fraction of sp³-hybridized carbons (Fsp3) is 0.120. The van der Waals surface area contributed by atoms with Crippen molar-refractivity contribution in [3.8, 4) is 11.5 Å². The van der Waals surface area contributed by atoms with Crippen LogP contribution in [0.4, 0.5) is 5.69 Å². The predicted octanol–water partition coefficient (Wildman–Crippen LogP) is 4.27. The van der Waals surface area contributed by atoms with E-state index < -0.39 is 10.1 Å². The maximum Gasteiger partial charge on any atom is 0.339 e. The number of para-hydroxylation sites is 1. The number of hydrazone groups is 1. The summed E-state index contributed by atoms with van der Waals surface area (Å²) in [5.74, 6) is -0.325. The van der Waals surface area contributed by atoms with E-state index in [1.54, 1.807) is 6.07 Å². The lowest BCUT2D eigenvalue weighted by molar-refractivity contribution is -0.118. The first-order valence-electron chi connectivity index (χ1n) is 11.0. The van der Waals surface area contributed by atoms with Crippen molar-refractivity contribution in [3.63, 3.8) is 0 Å². The van der Waals surface area contributed by atoms with Gasteiger partial charge in [-0.05, 0) is 60.2 Å². The maximum atomic E-state index is 12.8. The van der Waals surface area contributed by atoms with Crippen molar-refractivity contribution in [2.24, 2.45) is 5.10 Å². The summed E-state index contributed by atoms with van der Waals surface area (Å²) in [5.41, 5.74) is 4.25. The molecule has 196 valence electrons. The van der Waals surface area contributed by atoms with E-state index in [0.717, 1.165) is 14.6 Å². The largest absolute Gasteiger partial charge is 0.493 e. The van der Waals surface area contributed by atoms with Crippen LogP contribution >= 0.6 is 23.1 Å². The minimum absolute atomic E-state index is 0.0555. The van der Waals surface area contributed by atoms with Gasteiger partial charge in [0.2, 0.25) is 5.91 Å². The highest BCUT2D eigenvalue weighted by molar-refractivity contribution is 8.01. The molecule has 0 saturated carbocycles. The van der Waals surface area contributed by atoms with Gasteiger partial charge in [0.15, 0.2) is 15.8 Å². The number of hydrogen-bond donors (Lipinski definition) is 2. The van der Waals surface area contributed by atoms with Gasteiger partial charge in [-0.2, -0.15) is 13.5 Å². The number of aromatic nitrogens is 1. The molecule has 0 aliphatic rings. The molecule has 2 amide bonds. The Balaban J connectivity index is 1.38. The monoisotopic (exact) mass is 570 g/mol. The van der Waals surface area contributed by atoms with Crippen molar-refractivity contribution in [2.45, 2.75) is 16.2 Å². The van der Waals surface area contributed by atoms with Crippen molar-refractivity contribution in [1.29, 1.82) is 0 Å². The highest BCUT2D eigenvalue weighted by Gasteiger charge is 2.19. The maximum absolute atomic E-state index is 12.8. The number of thiazole rings is 1. The number of nitrogens with zero attached hydrogens (tertiary/aromatic N) is 2. The normalized spacial score (nSPS) is 11.4. The van der Waals surface area contributed by atoms with Crippen LogP contribution in [0.2, 0.25) is 0 Å². The smallest absolute Gasteiger partial charge is 0.339 e. The Hall–Kier alpha value is -3.94. The number of hydrogen-bond acceptors (Lipinski definition) is 10. The summed E-state index contributed by atoms with van der Waals surface area (Å²) in [6.07, 6.45) is 1.36. The van der Waals surface area contributed by atoms with Gasteiger partial charge >= 0.3 is 10.1 Å². The summed E-state index contributed by atoms with van der Waals surface area (Å²) < 4.78 is 38.0. The van der Waals surface area contributed by atoms with Gasteiger partial charge in [-0.15, -0.1) is 11.3 Å². The van der Waals surface area contributed by atoms with Crippen molar-refractivity contribution < 1.29 is 26.9 Å². The Labute approximate surface area is 227 Å². The summed E-state index contributed by atoms with van der Waals surface area (Å²) >= 11 is 2.83. The van der Waals surface area contributed by atoms with Crippen LogP contribution in [0.1, 0.15) is 12.5 Å². The number of thioether (sulfide) groups is 1. The van der Waals surface area contributed by atoms with E-state index in [2.05, 4.69) is 20.8 Å². The summed E-state index contributed by atoms with van der Waals surface area (Å²) in [5, 5.41) is 6.51. The highest BCUT2D eigenvalue weighted by Crippen LogP contribution is 2.31. The molecule has 0 aliphatic heterocycles. The number of anilines is 1. The zero-order chi connectivity index (χ0) is 27.1. The molecule has 0 saturated heterocycles. The zero-order valence-electron chi connectivity index (χ0n) is 20.2. The van der Waals surface area contributed by atoms with Crippen LogP contribution in [-0.4, -0.2) is 44.3 Å². The molecule has 1 heterocycles. The summed E-state index contributed by atoms with van der Waals surface area (Å²) in [6.45, 7) is 1.35. The molecule has 4 aromatic rings. The van der Waals surface area contributed by atoms with E-state index in [9.17, 15) is 18.0 Å². The Morgan fingerprint density at radius 3 is 2.55 bits per heavy atom. The van der Waals surface area contributed by atoms with E-state index in [-0.39, 0.29) is 34.0 Å². The van der Waals surface area contributed by atoms with E-state index in [4.69, 9.17) is 8.92 Å². The molecule has 0 unspecified atom stereocenters. The number of nitrogens with one attached hydrogen (secondary N) is 2. The molecule has 3 aromatic carbocycles. The van der Waals surface area contributed by atoms with Gasteiger partial charge in [-0.3, -0.25) is 9.59 Å². The van der Waals surface area contributed by atoms with Crippen molar-refractivity contribution in [2.75, 3.05) is 18.2 Å². The molecule has 0 bridgehead atoms. The van der Waals surface area contributed by atoms with Crippen LogP contribution in [0.15, 0.2) is 81.1 Å². The summed E-state index contributed by atoms with van der Waals surface area (Å²) in [7, 11) is -2.82. The molecular formula is C25H22N4O6S3. The number of carbonyl (C=O) groups excluding carboxylic acids is 2. The van der Waals surface area contributed by atoms with Crippen LogP contribution in [-0.2, 0) is 19.7 Å². The lowest BCUT2D eigenvalue weighted by Gasteiger charge is -2.12. The van der Waals surface area contributed by atoms with Crippen LogP contribution in [0.5, 0.6) is 11.5 Å². The Morgan fingerprint density at radius 1 is 1.08 bits per heavy atom. The molecule has 38 heavy (non-hydrogen) atoms. The highest BCUT2D eigenvalue weighted by atomic mass is 32.2. The topological polar surface area (TPSA) is 136 Å². The minimum atomic E-state index is -4.20. The van der Waals surface area contributed by atoms with Gasteiger partial charge in [-0.25, -0.2) is 10.4 Å². The van der Waals surface area contributed by atoms with Gasteiger partial charge in [0.05, 0.1) is 29.3 Å². The predicted molar refractivity (Wildman–Crippen MR) is 148 cm³/mol. The minimum Gasteiger partial charge on any atom is -0.493 e. The molecule has 10 nitrogen and oxygen atoms in total. The van der Waals surface area contributed by atoms with Gasteiger partial charge < -0.3 is 14.2 Å². The molecule has 0 radical (unpaired) electrons. The standard InChI is InChI=1S/C25H22N4O6S3/c1-16(30)27-18-8-10-19(11-9-18)38(32,33)35-22-13-17(7-12-21(22)34-2)14-26-29-24(31)15-36-25-28-20-5-3-4-6-23(20)37-25/h3-14H,15H2,1-2H3,(H,27,30)(H,29,31)/b26-14-. The lowest BCUT2D eigenvalue weighted by Crippen LogP contribution is -2.19. The van der Waals surface area contributed by atoms with Gasteiger partial charge in [0.25, 0.3) is 5.91 Å². The van der Waals surface area contributed by atoms with Crippen molar-refractivity contribution in [3.05, 3.63) is 72.3 Å².